The van der Waals surface area contributed by atoms with Crippen LogP contribution in [0.1, 0.15) is 30.1 Å². The number of hydrogen-bond acceptors (Lipinski definition) is 3. The van der Waals surface area contributed by atoms with Crippen molar-refractivity contribution in [1.82, 2.24) is 10.2 Å². The van der Waals surface area contributed by atoms with E-state index in [1.54, 1.807) is 23.1 Å². The number of halogens is 1. The Morgan fingerprint density at radius 1 is 1.42 bits per heavy atom. The molecular formula is C17H23ClN4O2. The smallest absolute Gasteiger partial charge is 0.321 e. The number of amides is 3. The summed E-state index contributed by atoms with van der Waals surface area (Å²) >= 11 is 6.26. The second kappa shape index (κ2) is 6.99. The van der Waals surface area contributed by atoms with Crippen molar-refractivity contribution in [3.63, 3.8) is 0 Å². The molecule has 1 aromatic carbocycles. The van der Waals surface area contributed by atoms with Gasteiger partial charge in [0.15, 0.2) is 0 Å². The lowest BCUT2D eigenvalue weighted by Crippen LogP contribution is -2.45. The first-order valence-electron chi connectivity index (χ1n) is 8.37. The Morgan fingerprint density at radius 2 is 2.21 bits per heavy atom. The van der Waals surface area contributed by atoms with Crippen LogP contribution in [0.2, 0.25) is 5.02 Å². The Morgan fingerprint density at radius 3 is 2.88 bits per heavy atom. The van der Waals surface area contributed by atoms with Crippen LogP contribution in [-0.4, -0.2) is 49.1 Å². The molecule has 0 unspecified atom stereocenters. The number of nitrogens with zero attached hydrogens (tertiary/aromatic N) is 2. The first kappa shape index (κ1) is 17.0. The zero-order valence-corrected chi connectivity index (χ0v) is 14.6. The number of benzene rings is 1. The van der Waals surface area contributed by atoms with Crippen molar-refractivity contribution < 1.29 is 9.59 Å². The summed E-state index contributed by atoms with van der Waals surface area (Å²) in [5.41, 5.74) is 7.14. The maximum absolute atomic E-state index is 12.9. The summed E-state index contributed by atoms with van der Waals surface area (Å²) in [6.07, 6.45) is 1.99. The predicted molar refractivity (Wildman–Crippen MR) is 94.5 cm³/mol. The van der Waals surface area contributed by atoms with E-state index < -0.39 is 0 Å². The molecule has 0 saturated carbocycles. The minimum atomic E-state index is -0.147. The van der Waals surface area contributed by atoms with Crippen molar-refractivity contribution in [2.45, 2.75) is 25.8 Å². The molecule has 7 heteroatoms. The fourth-order valence-corrected chi connectivity index (χ4v) is 3.56. The summed E-state index contributed by atoms with van der Waals surface area (Å²) in [5.74, 6) is 0.223. The molecule has 0 bridgehead atoms. The summed E-state index contributed by atoms with van der Waals surface area (Å²) in [5, 5.41) is 3.17. The molecule has 3 N–H and O–H groups in total. The Kier molecular flexibility index (Phi) is 4.96. The maximum atomic E-state index is 12.9. The summed E-state index contributed by atoms with van der Waals surface area (Å²) < 4.78 is 0. The lowest BCUT2D eigenvalue weighted by Gasteiger charge is -2.35. The van der Waals surface area contributed by atoms with Gasteiger partial charge in [0.2, 0.25) is 0 Å². The number of nitrogens with two attached hydrogens (primary N) is 1. The SMILES string of the molecule is C[C@H](N)[C@H]1CCCN(C(=O)c2cc(N3CCNC3=O)ccc2Cl)C1. The van der Waals surface area contributed by atoms with Crippen LogP contribution < -0.4 is 16.0 Å². The largest absolute Gasteiger partial charge is 0.338 e. The van der Waals surface area contributed by atoms with Crippen molar-refractivity contribution in [2.24, 2.45) is 11.7 Å². The first-order valence-corrected chi connectivity index (χ1v) is 8.75. The van der Waals surface area contributed by atoms with Crippen LogP contribution in [-0.2, 0) is 0 Å². The molecule has 2 fully saturated rings. The third-order valence-corrected chi connectivity index (χ3v) is 5.17. The van der Waals surface area contributed by atoms with Gasteiger partial charge in [-0.25, -0.2) is 4.79 Å². The Hall–Kier alpha value is -1.79. The molecule has 0 aliphatic carbocycles. The fraction of sp³-hybridized carbons (Fsp3) is 0.529. The van der Waals surface area contributed by atoms with E-state index in [0.29, 0.717) is 48.4 Å². The van der Waals surface area contributed by atoms with Crippen LogP contribution in [0.3, 0.4) is 0 Å². The molecule has 2 aliphatic rings. The van der Waals surface area contributed by atoms with Crippen LogP contribution in [0.5, 0.6) is 0 Å². The van der Waals surface area contributed by atoms with Gasteiger partial charge in [0.05, 0.1) is 10.6 Å². The van der Waals surface area contributed by atoms with Gasteiger partial charge in [0.25, 0.3) is 5.91 Å². The molecule has 2 aliphatic heterocycles. The predicted octanol–water partition coefficient (Wildman–Crippen LogP) is 2.07. The van der Waals surface area contributed by atoms with Gasteiger partial charge in [0.1, 0.15) is 0 Å². The third-order valence-electron chi connectivity index (χ3n) is 4.84. The van der Waals surface area contributed by atoms with E-state index in [4.69, 9.17) is 17.3 Å². The number of rotatable bonds is 3. The zero-order valence-electron chi connectivity index (χ0n) is 13.8. The van der Waals surface area contributed by atoms with Crippen LogP contribution in [0.15, 0.2) is 18.2 Å². The number of urea groups is 1. The van der Waals surface area contributed by atoms with Gasteiger partial charge in [-0.3, -0.25) is 9.69 Å². The van der Waals surface area contributed by atoms with Crippen LogP contribution in [0, 0.1) is 5.92 Å². The van der Waals surface area contributed by atoms with Gasteiger partial charge in [0, 0.05) is 37.9 Å². The van der Waals surface area contributed by atoms with Gasteiger partial charge >= 0.3 is 6.03 Å². The molecular weight excluding hydrogens is 328 g/mol. The van der Waals surface area contributed by atoms with Crippen molar-refractivity contribution in [3.05, 3.63) is 28.8 Å². The molecule has 3 rings (SSSR count). The fourth-order valence-electron chi connectivity index (χ4n) is 3.36. The van der Waals surface area contributed by atoms with Crippen molar-refractivity contribution in [1.29, 1.82) is 0 Å². The summed E-state index contributed by atoms with van der Waals surface area (Å²) in [6, 6.07) is 5.08. The van der Waals surface area contributed by atoms with E-state index in [9.17, 15) is 9.59 Å². The molecule has 2 atom stereocenters. The molecule has 3 amide bonds. The summed E-state index contributed by atoms with van der Waals surface area (Å²) in [4.78, 5) is 28.2. The van der Waals surface area contributed by atoms with E-state index in [2.05, 4.69) is 5.32 Å². The maximum Gasteiger partial charge on any atom is 0.321 e. The van der Waals surface area contributed by atoms with E-state index in [1.165, 1.54) is 0 Å². The first-order chi connectivity index (χ1) is 11.5. The Labute approximate surface area is 146 Å². The minimum Gasteiger partial charge on any atom is -0.338 e. The van der Waals surface area contributed by atoms with Gasteiger partial charge < -0.3 is 16.0 Å². The molecule has 0 spiro atoms. The number of hydrogen-bond donors (Lipinski definition) is 2. The average Bonchev–Trinajstić information content (AvgIpc) is 3.01. The molecule has 0 aromatic heterocycles. The third kappa shape index (κ3) is 3.35. The quantitative estimate of drug-likeness (QED) is 0.875. The van der Waals surface area contributed by atoms with E-state index >= 15 is 0 Å². The van der Waals surface area contributed by atoms with Crippen LogP contribution >= 0.6 is 11.6 Å². The van der Waals surface area contributed by atoms with E-state index in [1.807, 2.05) is 11.8 Å². The average molecular weight is 351 g/mol. The van der Waals surface area contributed by atoms with Crippen LogP contribution in [0.25, 0.3) is 0 Å². The van der Waals surface area contributed by atoms with E-state index in [0.717, 1.165) is 12.8 Å². The second-order valence-electron chi connectivity index (χ2n) is 6.56. The lowest BCUT2D eigenvalue weighted by molar-refractivity contribution is 0.0661. The normalized spacial score (nSPS) is 22.5. The molecule has 0 radical (unpaired) electrons. The monoisotopic (exact) mass is 350 g/mol. The van der Waals surface area contributed by atoms with Crippen LogP contribution in [0.4, 0.5) is 10.5 Å². The molecule has 2 heterocycles. The molecule has 2 saturated heterocycles. The standard InChI is InChI=1S/C17H23ClN4O2/c1-11(19)12-3-2-7-21(10-12)16(23)14-9-13(4-5-15(14)18)22-8-6-20-17(22)24/h4-5,9,11-12H,2-3,6-8,10,19H2,1H3,(H,20,24)/t11-,12-/m0/s1. The van der Waals surface area contributed by atoms with Gasteiger partial charge in [-0.1, -0.05) is 11.6 Å². The highest BCUT2D eigenvalue weighted by molar-refractivity contribution is 6.34. The van der Waals surface area contributed by atoms with Gasteiger partial charge in [-0.05, 0) is 43.9 Å². The molecule has 24 heavy (non-hydrogen) atoms. The topological polar surface area (TPSA) is 78.7 Å². The Bertz CT molecular complexity index is 649. The van der Waals surface area contributed by atoms with Crippen molar-refractivity contribution >= 4 is 29.2 Å². The van der Waals surface area contributed by atoms with Crippen molar-refractivity contribution in [3.8, 4) is 0 Å². The van der Waals surface area contributed by atoms with E-state index in [-0.39, 0.29) is 18.0 Å². The zero-order chi connectivity index (χ0) is 17.3. The van der Waals surface area contributed by atoms with Gasteiger partial charge in [-0.15, -0.1) is 0 Å². The number of nitrogens with one attached hydrogen (secondary N) is 1. The highest BCUT2D eigenvalue weighted by atomic mass is 35.5. The number of anilines is 1. The number of carbonyl (C=O) groups excluding carboxylic acids is 2. The molecule has 6 nitrogen and oxygen atoms in total. The summed E-state index contributed by atoms with van der Waals surface area (Å²) in [7, 11) is 0. The lowest BCUT2D eigenvalue weighted by atomic mass is 9.92. The highest BCUT2D eigenvalue weighted by Crippen LogP contribution is 2.27. The highest BCUT2D eigenvalue weighted by Gasteiger charge is 2.28. The Balaban J connectivity index is 1.82. The van der Waals surface area contributed by atoms with Crippen molar-refractivity contribution in [2.75, 3.05) is 31.1 Å². The molecule has 130 valence electrons. The summed E-state index contributed by atoms with van der Waals surface area (Å²) in [6.45, 7) is 4.55. The molecule has 1 aromatic rings. The number of piperidine rings is 1. The minimum absolute atomic E-state index is 0.0655. The number of carbonyl (C=O) groups is 2. The van der Waals surface area contributed by atoms with Gasteiger partial charge in [-0.2, -0.15) is 0 Å². The number of likely N-dealkylation sites (tertiary alicyclic amines) is 1. The second-order valence-corrected chi connectivity index (χ2v) is 6.97.